The maximum Gasteiger partial charge on any atom is 0.0969 e. The standard InChI is InChI=1S/C13H20N2OS/c1-8-5-9(2)15-12(6-8)17-11(7-16)13(14)10-3-4-10/h5-6,10-11,13,16H,3-4,7,14H2,1-2H3. The van der Waals surface area contributed by atoms with E-state index in [-0.39, 0.29) is 17.9 Å². The molecule has 3 N–H and O–H groups in total. The molecular formula is C13H20N2OS. The van der Waals surface area contributed by atoms with Crippen LogP contribution < -0.4 is 5.73 Å². The zero-order valence-electron chi connectivity index (χ0n) is 10.4. The first-order valence-electron chi connectivity index (χ1n) is 6.08. The fraction of sp³-hybridized carbons (Fsp3) is 0.615. The van der Waals surface area contributed by atoms with E-state index in [2.05, 4.69) is 24.0 Å². The van der Waals surface area contributed by atoms with Crippen molar-refractivity contribution in [3.63, 3.8) is 0 Å². The Balaban J connectivity index is 2.06. The van der Waals surface area contributed by atoms with E-state index in [0.717, 1.165) is 10.7 Å². The van der Waals surface area contributed by atoms with Gasteiger partial charge in [0, 0.05) is 17.0 Å². The van der Waals surface area contributed by atoms with Gasteiger partial charge in [-0.1, -0.05) is 11.8 Å². The minimum absolute atomic E-state index is 0.0659. The lowest BCUT2D eigenvalue weighted by Crippen LogP contribution is -2.36. The molecule has 4 heteroatoms. The predicted octanol–water partition coefficient (Wildman–Crippen LogP) is 1.89. The van der Waals surface area contributed by atoms with Crippen molar-refractivity contribution in [2.24, 2.45) is 11.7 Å². The Hall–Kier alpha value is -0.580. The molecule has 0 aliphatic heterocycles. The molecule has 0 radical (unpaired) electrons. The van der Waals surface area contributed by atoms with Crippen molar-refractivity contribution in [2.45, 2.75) is 43.0 Å². The van der Waals surface area contributed by atoms with Gasteiger partial charge in [-0.2, -0.15) is 0 Å². The molecule has 0 saturated heterocycles. The molecule has 2 atom stereocenters. The molecule has 1 aliphatic carbocycles. The molecule has 0 amide bonds. The smallest absolute Gasteiger partial charge is 0.0969 e. The number of pyridine rings is 1. The van der Waals surface area contributed by atoms with Gasteiger partial charge < -0.3 is 10.8 Å². The van der Waals surface area contributed by atoms with E-state index >= 15 is 0 Å². The lowest BCUT2D eigenvalue weighted by atomic mass is 10.1. The molecule has 1 saturated carbocycles. The summed E-state index contributed by atoms with van der Waals surface area (Å²) in [6, 6.07) is 4.20. The van der Waals surface area contributed by atoms with Crippen LogP contribution in [-0.4, -0.2) is 28.0 Å². The van der Waals surface area contributed by atoms with E-state index in [4.69, 9.17) is 5.73 Å². The summed E-state index contributed by atoms with van der Waals surface area (Å²) < 4.78 is 0. The van der Waals surface area contributed by atoms with Crippen molar-refractivity contribution in [1.82, 2.24) is 4.98 Å². The molecule has 2 rings (SSSR count). The number of rotatable bonds is 5. The monoisotopic (exact) mass is 252 g/mol. The highest BCUT2D eigenvalue weighted by Gasteiger charge is 2.34. The minimum atomic E-state index is 0.0659. The van der Waals surface area contributed by atoms with Gasteiger partial charge in [0.05, 0.1) is 11.6 Å². The summed E-state index contributed by atoms with van der Waals surface area (Å²) in [7, 11) is 0. The Morgan fingerprint density at radius 1 is 1.47 bits per heavy atom. The van der Waals surface area contributed by atoms with Gasteiger partial charge in [-0.05, 0) is 50.3 Å². The van der Waals surface area contributed by atoms with Crippen molar-refractivity contribution >= 4 is 11.8 Å². The largest absolute Gasteiger partial charge is 0.395 e. The summed E-state index contributed by atoms with van der Waals surface area (Å²) in [5, 5.41) is 10.5. The van der Waals surface area contributed by atoms with Crippen molar-refractivity contribution in [1.29, 1.82) is 0 Å². The Morgan fingerprint density at radius 2 is 2.18 bits per heavy atom. The van der Waals surface area contributed by atoms with Crippen LogP contribution in [-0.2, 0) is 0 Å². The molecule has 17 heavy (non-hydrogen) atoms. The number of aliphatic hydroxyl groups excluding tert-OH is 1. The van der Waals surface area contributed by atoms with Gasteiger partial charge in [0.2, 0.25) is 0 Å². The second-order valence-electron chi connectivity index (χ2n) is 4.88. The highest BCUT2D eigenvalue weighted by molar-refractivity contribution is 8.00. The van der Waals surface area contributed by atoms with Gasteiger partial charge in [-0.25, -0.2) is 4.98 Å². The van der Waals surface area contributed by atoms with Crippen LogP contribution in [0.4, 0.5) is 0 Å². The van der Waals surface area contributed by atoms with Crippen LogP contribution in [0.1, 0.15) is 24.1 Å². The fourth-order valence-electron chi connectivity index (χ4n) is 2.04. The van der Waals surface area contributed by atoms with Crippen LogP contribution in [0.2, 0.25) is 0 Å². The van der Waals surface area contributed by atoms with E-state index in [9.17, 15) is 5.11 Å². The third-order valence-electron chi connectivity index (χ3n) is 3.12. The van der Waals surface area contributed by atoms with Crippen LogP contribution in [0.5, 0.6) is 0 Å². The molecule has 2 unspecified atom stereocenters. The zero-order valence-corrected chi connectivity index (χ0v) is 11.2. The highest BCUT2D eigenvalue weighted by atomic mass is 32.2. The average molecular weight is 252 g/mol. The number of thioether (sulfide) groups is 1. The van der Waals surface area contributed by atoms with Crippen LogP contribution >= 0.6 is 11.8 Å². The number of aryl methyl sites for hydroxylation is 2. The lowest BCUT2D eigenvalue weighted by molar-refractivity contribution is 0.277. The Kier molecular flexibility index (Phi) is 4.07. The summed E-state index contributed by atoms with van der Waals surface area (Å²) in [6.07, 6.45) is 2.41. The van der Waals surface area contributed by atoms with Crippen LogP contribution in [0, 0.1) is 19.8 Å². The van der Waals surface area contributed by atoms with Gasteiger partial charge in [-0.3, -0.25) is 0 Å². The normalized spacial score (nSPS) is 19.1. The molecule has 1 fully saturated rings. The van der Waals surface area contributed by atoms with Gasteiger partial charge in [-0.15, -0.1) is 0 Å². The summed E-state index contributed by atoms with van der Waals surface area (Å²) in [4.78, 5) is 4.48. The third-order valence-corrected chi connectivity index (χ3v) is 4.34. The molecule has 1 aromatic rings. The van der Waals surface area contributed by atoms with E-state index in [0.29, 0.717) is 5.92 Å². The first kappa shape index (κ1) is 12.9. The lowest BCUT2D eigenvalue weighted by Gasteiger charge is -2.21. The van der Waals surface area contributed by atoms with E-state index in [1.165, 1.54) is 18.4 Å². The second-order valence-corrected chi connectivity index (χ2v) is 6.14. The quantitative estimate of drug-likeness (QED) is 0.786. The third kappa shape index (κ3) is 3.44. The summed E-state index contributed by atoms with van der Waals surface area (Å²) in [5.74, 6) is 0.602. The molecule has 0 bridgehead atoms. The first-order valence-corrected chi connectivity index (χ1v) is 6.96. The van der Waals surface area contributed by atoms with E-state index in [1.807, 2.05) is 6.92 Å². The van der Waals surface area contributed by atoms with E-state index < -0.39 is 0 Å². The molecule has 1 heterocycles. The molecule has 0 spiro atoms. The number of nitrogens with zero attached hydrogens (tertiary/aromatic N) is 1. The van der Waals surface area contributed by atoms with Gasteiger partial charge >= 0.3 is 0 Å². The van der Waals surface area contributed by atoms with Crippen LogP contribution in [0.3, 0.4) is 0 Å². The molecule has 0 aromatic carbocycles. The van der Waals surface area contributed by atoms with Crippen molar-refractivity contribution < 1.29 is 5.11 Å². The van der Waals surface area contributed by atoms with Crippen LogP contribution in [0.15, 0.2) is 17.2 Å². The Bertz CT molecular complexity index is 373. The number of aliphatic hydroxyl groups is 1. The topological polar surface area (TPSA) is 59.1 Å². The number of hydrogen-bond donors (Lipinski definition) is 2. The summed E-state index contributed by atoms with van der Waals surface area (Å²) in [5.41, 5.74) is 8.37. The highest BCUT2D eigenvalue weighted by Crippen LogP contribution is 2.37. The number of nitrogens with two attached hydrogens (primary N) is 1. The SMILES string of the molecule is Cc1cc(C)nc(SC(CO)C(N)C2CC2)c1. The van der Waals surface area contributed by atoms with E-state index in [1.54, 1.807) is 11.8 Å². The number of aromatic nitrogens is 1. The van der Waals surface area contributed by atoms with Gasteiger partial charge in [0.15, 0.2) is 0 Å². The molecule has 1 aromatic heterocycles. The predicted molar refractivity (Wildman–Crippen MR) is 71.1 cm³/mol. The Morgan fingerprint density at radius 3 is 2.71 bits per heavy atom. The van der Waals surface area contributed by atoms with Gasteiger partial charge in [0.25, 0.3) is 0 Å². The molecule has 94 valence electrons. The van der Waals surface area contributed by atoms with Crippen molar-refractivity contribution in [3.8, 4) is 0 Å². The second kappa shape index (κ2) is 5.38. The van der Waals surface area contributed by atoms with Crippen molar-refractivity contribution in [2.75, 3.05) is 6.61 Å². The molecular weight excluding hydrogens is 232 g/mol. The molecule has 1 aliphatic rings. The Labute approximate surface area is 107 Å². The first-order chi connectivity index (χ1) is 8.10. The van der Waals surface area contributed by atoms with Crippen LogP contribution in [0.25, 0.3) is 0 Å². The maximum atomic E-state index is 9.44. The average Bonchev–Trinajstić information content (AvgIpc) is 3.07. The zero-order chi connectivity index (χ0) is 12.4. The van der Waals surface area contributed by atoms with Crippen molar-refractivity contribution in [3.05, 3.63) is 23.4 Å². The summed E-state index contributed by atoms with van der Waals surface area (Å²) in [6.45, 7) is 4.18. The maximum absolute atomic E-state index is 9.44. The number of hydrogen-bond acceptors (Lipinski definition) is 4. The van der Waals surface area contributed by atoms with Gasteiger partial charge in [0.1, 0.15) is 0 Å². The summed E-state index contributed by atoms with van der Waals surface area (Å²) >= 11 is 1.61. The fourth-order valence-corrected chi connectivity index (χ4v) is 3.26. The minimum Gasteiger partial charge on any atom is -0.395 e. The molecule has 3 nitrogen and oxygen atoms in total.